The van der Waals surface area contributed by atoms with E-state index in [1.54, 1.807) is 0 Å². The van der Waals surface area contributed by atoms with Crippen molar-refractivity contribution in [3.05, 3.63) is 59.3 Å². The van der Waals surface area contributed by atoms with Gasteiger partial charge in [0, 0.05) is 33.5 Å². The van der Waals surface area contributed by atoms with E-state index in [0.29, 0.717) is 5.56 Å². The van der Waals surface area contributed by atoms with E-state index in [1.165, 1.54) is 4.90 Å². The van der Waals surface area contributed by atoms with Gasteiger partial charge in [-0.1, -0.05) is 19.1 Å². The van der Waals surface area contributed by atoms with Gasteiger partial charge < -0.3 is 15.4 Å². The number of benzene rings is 2. The number of fused-ring (bicyclic) bond motifs is 3. The van der Waals surface area contributed by atoms with E-state index in [2.05, 4.69) is 65.5 Å². The minimum absolute atomic E-state index is 0.0519. The van der Waals surface area contributed by atoms with Crippen molar-refractivity contribution >= 4 is 39.6 Å². The average molecular weight is 474 g/mol. The first-order valence-corrected chi connectivity index (χ1v) is 13.1. The summed E-state index contributed by atoms with van der Waals surface area (Å²) in [6, 6.07) is 12.9. The predicted molar refractivity (Wildman–Crippen MR) is 141 cm³/mol. The zero-order chi connectivity index (χ0) is 23.8. The number of pyridine rings is 1. The van der Waals surface area contributed by atoms with Crippen LogP contribution in [-0.2, 0) is 0 Å². The fourth-order valence-corrected chi connectivity index (χ4v) is 5.78. The lowest BCUT2D eigenvalue weighted by Gasteiger charge is -2.26. The van der Waals surface area contributed by atoms with E-state index in [9.17, 15) is 9.90 Å². The number of hydrogen-bond acceptors (Lipinski definition) is 4. The van der Waals surface area contributed by atoms with Crippen LogP contribution in [0.2, 0.25) is 0 Å². The number of thioether (sulfide) groups is 1. The van der Waals surface area contributed by atoms with Crippen LogP contribution in [0.5, 0.6) is 0 Å². The maximum absolute atomic E-state index is 13.5. The van der Waals surface area contributed by atoms with Gasteiger partial charge in [-0.2, -0.15) is 0 Å². The lowest BCUT2D eigenvalue weighted by Crippen LogP contribution is -2.38. The molecule has 1 amide bonds. The van der Waals surface area contributed by atoms with Crippen molar-refractivity contribution in [1.82, 2.24) is 15.3 Å². The zero-order valence-electron chi connectivity index (χ0n) is 19.9. The van der Waals surface area contributed by atoms with E-state index < -0.39 is 0 Å². The van der Waals surface area contributed by atoms with Gasteiger partial charge in [-0.25, -0.2) is 4.98 Å². The second-order valence-corrected chi connectivity index (χ2v) is 10.7. The van der Waals surface area contributed by atoms with Gasteiger partial charge >= 0.3 is 0 Å². The molecule has 2 aromatic heterocycles. The molecule has 0 aliphatic heterocycles. The summed E-state index contributed by atoms with van der Waals surface area (Å²) in [7, 11) is 0. The Kier molecular flexibility index (Phi) is 6.36. The first-order chi connectivity index (χ1) is 16.4. The molecule has 0 saturated heterocycles. The van der Waals surface area contributed by atoms with E-state index in [1.807, 2.05) is 24.9 Å². The molecule has 4 aromatic rings. The molecule has 1 aliphatic carbocycles. The van der Waals surface area contributed by atoms with E-state index in [-0.39, 0.29) is 18.1 Å². The highest BCUT2D eigenvalue weighted by atomic mass is 32.2. The van der Waals surface area contributed by atoms with Gasteiger partial charge in [0.1, 0.15) is 5.65 Å². The van der Waals surface area contributed by atoms with Gasteiger partial charge in [0.25, 0.3) is 5.91 Å². The van der Waals surface area contributed by atoms with E-state index in [4.69, 9.17) is 0 Å². The quantitative estimate of drug-likeness (QED) is 0.304. The number of aromatic amines is 1. The normalized spacial score (nSPS) is 18.5. The van der Waals surface area contributed by atoms with Crippen LogP contribution in [-0.4, -0.2) is 38.9 Å². The van der Waals surface area contributed by atoms with Crippen molar-refractivity contribution in [2.75, 3.05) is 5.75 Å². The maximum atomic E-state index is 13.5. The molecule has 2 aromatic carbocycles. The smallest absolute Gasteiger partial charge is 0.251 e. The van der Waals surface area contributed by atoms with Gasteiger partial charge in [0.2, 0.25) is 0 Å². The second kappa shape index (κ2) is 9.43. The molecule has 0 atom stereocenters. The van der Waals surface area contributed by atoms with Gasteiger partial charge in [0.05, 0.1) is 11.6 Å². The maximum Gasteiger partial charge on any atom is 0.251 e. The van der Waals surface area contributed by atoms with E-state index in [0.717, 1.165) is 75.6 Å². The number of carbonyl (C=O) groups excluding carboxylic acids is 1. The standard InChI is InChI=1S/C28H31N3O2S/c1-4-34-21-7-5-6-18(13-21)23-14-22(28(33)30-19-8-10-20(32)11-9-19)17(3)26-25(23)24-12-16(2)15-29-27(24)31-26/h5-7,12-15,19-20,32H,4,8-11H2,1-3H3,(H,29,31)(H,30,33). The van der Waals surface area contributed by atoms with Crippen LogP contribution in [0.3, 0.4) is 0 Å². The number of carbonyl (C=O) groups is 1. The lowest BCUT2D eigenvalue weighted by molar-refractivity contribution is 0.0867. The molecule has 0 spiro atoms. The summed E-state index contributed by atoms with van der Waals surface area (Å²) in [5, 5.41) is 15.2. The molecule has 1 aliphatic rings. The highest BCUT2D eigenvalue weighted by Gasteiger charge is 2.24. The van der Waals surface area contributed by atoms with Gasteiger partial charge in [-0.15, -0.1) is 11.8 Å². The van der Waals surface area contributed by atoms with Crippen molar-refractivity contribution in [3.63, 3.8) is 0 Å². The molecule has 1 fully saturated rings. The molecule has 0 radical (unpaired) electrons. The Morgan fingerprint density at radius 2 is 1.97 bits per heavy atom. The molecule has 176 valence electrons. The SMILES string of the molecule is CCSc1cccc(-c2cc(C(=O)NC3CCC(O)CC3)c(C)c3[nH]c4ncc(C)cc4c23)c1. The Labute approximate surface area is 204 Å². The number of rotatable bonds is 5. The topological polar surface area (TPSA) is 78.0 Å². The Balaban J connectivity index is 1.67. The zero-order valence-corrected chi connectivity index (χ0v) is 20.8. The average Bonchev–Trinajstić information content (AvgIpc) is 3.20. The Hall–Kier alpha value is -2.83. The Morgan fingerprint density at radius 1 is 1.18 bits per heavy atom. The molecule has 34 heavy (non-hydrogen) atoms. The summed E-state index contributed by atoms with van der Waals surface area (Å²) in [4.78, 5) is 22.8. The van der Waals surface area contributed by atoms with Crippen LogP contribution < -0.4 is 5.32 Å². The first-order valence-electron chi connectivity index (χ1n) is 12.1. The van der Waals surface area contributed by atoms with E-state index >= 15 is 0 Å². The van der Waals surface area contributed by atoms with Crippen LogP contribution in [0.1, 0.15) is 54.1 Å². The van der Waals surface area contributed by atoms with Gasteiger partial charge in [-0.05, 0) is 91.8 Å². The molecule has 0 unspecified atom stereocenters. The number of hydrogen-bond donors (Lipinski definition) is 3. The fourth-order valence-electron chi connectivity index (χ4n) is 5.06. The molecule has 5 rings (SSSR count). The fraction of sp³-hybridized carbons (Fsp3) is 0.357. The monoisotopic (exact) mass is 473 g/mol. The largest absolute Gasteiger partial charge is 0.393 e. The molecule has 1 saturated carbocycles. The highest BCUT2D eigenvalue weighted by molar-refractivity contribution is 7.99. The summed E-state index contributed by atoms with van der Waals surface area (Å²) in [6.45, 7) is 6.22. The number of aliphatic hydroxyl groups excluding tert-OH is 1. The molecule has 0 bridgehead atoms. The van der Waals surface area contributed by atoms with Crippen LogP contribution >= 0.6 is 11.8 Å². The summed E-state index contributed by atoms with van der Waals surface area (Å²) in [6.07, 6.45) is 4.73. The minimum atomic E-state index is -0.242. The van der Waals surface area contributed by atoms with Crippen molar-refractivity contribution in [1.29, 1.82) is 0 Å². The molecular formula is C28H31N3O2S. The summed E-state index contributed by atoms with van der Waals surface area (Å²) < 4.78 is 0. The highest BCUT2D eigenvalue weighted by Crippen LogP contribution is 2.39. The number of nitrogens with zero attached hydrogens (tertiary/aromatic N) is 1. The second-order valence-electron chi connectivity index (χ2n) is 9.32. The molecule has 3 N–H and O–H groups in total. The van der Waals surface area contributed by atoms with Crippen molar-refractivity contribution in [2.24, 2.45) is 0 Å². The summed E-state index contributed by atoms with van der Waals surface area (Å²) in [5.41, 5.74) is 6.66. The van der Waals surface area contributed by atoms with Crippen LogP contribution in [0.15, 0.2) is 47.5 Å². The summed E-state index contributed by atoms with van der Waals surface area (Å²) >= 11 is 1.81. The van der Waals surface area contributed by atoms with Crippen LogP contribution in [0.25, 0.3) is 33.1 Å². The Bertz CT molecular complexity index is 1370. The van der Waals surface area contributed by atoms with Crippen LogP contribution in [0.4, 0.5) is 0 Å². The molecule has 6 heteroatoms. The third kappa shape index (κ3) is 4.32. The third-order valence-corrected chi connectivity index (χ3v) is 7.73. The predicted octanol–water partition coefficient (Wildman–Crippen LogP) is 6.15. The van der Waals surface area contributed by atoms with Crippen molar-refractivity contribution in [2.45, 2.75) is 63.5 Å². The third-order valence-electron chi connectivity index (χ3n) is 6.86. The number of aliphatic hydroxyl groups is 1. The molecule has 5 nitrogen and oxygen atoms in total. The lowest BCUT2D eigenvalue weighted by atomic mass is 9.91. The van der Waals surface area contributed by atoms with Crippen molar-refractivity contribution in [3.8, 4) is 11.1 Å². The number of nitrogens with one attached hydrogen (secondary N) is 2. The number of H-pyrrole nitrogens is 1. The number of amides is 1. The molecule has 2 heterocycles. The minimum Gasteiger partial charge on any atom is -0.393 e. The molecular weight excluding hydrogens is 442 g/mol. The number of aromatic nitrogens is 2. The van der Waals surface area contributed by atoms with Crippen LogP contribution in [0, 0.1) is 13.8 Å². The first kappa shape index (κ1) is 22.9. The summed E-state index contributed by atoms with van der Waals surface area (Å²) in [5.74, 6) is 0.955. The Morgan fingerprint density at radius 3 is 2.74 bits per heavy atom. The number of aryl methyl sites for hydroxylation is 2. The van der Waals surface area contributed by atoms with Crippen molar-refractivity contribution < 1.29 is 9.90 Å². The van der Waals surface area contributed by atoms with Gasteiger partial charge in [-0.3, -0.25) is 4.79 Å². The van der Waals surface area contributed by atoms with Gasteiger partial charge in [0.15, 0.2) is 0 Å².